The van der Waals surface area contributed by atoms with Gasteiger partial charge in [-0.1, -0.05) is 129 Å². The molecule has 0 fully saturated rings. The van der Waals surface area contributed by atoms with Crippen molar-refractivity contribution in [3.8, 4) is 38.7 Å². The van der Waals surface area contributed by atoms with Crippen LogP contribution in [0.25, 0.3) is 44.0 Å². The Morgan fingerprint density at radius 3 is 2.00 bits per heavy atom. The van der Waals surface area contributed by atoms with Crippen molar-refractivity contribution in [2.24, 2.45) is 0 Å². The van der Waals surface area contributed by atoms with Crippen molar-refractivity contribution >= 4 is 22.4 Å². The van der Waals surface area contributed by atoms with Gasteiger partial charge >= 0.3 is 0 Å². The Balaban J connectivity index is 1.68. The zero-order chi connectivity index (χ0) is 33.6. The number of hydrogen-bond acceptors (Lipinski definition) is 4. The molecule has 0 unspecified atom stereocenters. The van der Waals surface area contributed by atoms with E-state index in [2.05, 4.69) is 128 Å². The first-order valence-corrected chi connectivity index (χ1v) is 18.7. The molecule has 0 saturated carbocycles. The first kappa shape index (κ1) is 34.8. The molecule has 0 aliphatic rings. The van der Waals surface area contributed by atoms with E-state index in [1.807, 2.05) is 11.3 Å². The molecule has 3 aromatic carbocycles. The summed E-state index contributed by atoms with van der Waals surface area (Å²) in [6, 6.07) is 26.3. The molecule has 0 aliphatic heterocycles. The minimum atomic E-state index is -0.00678. The van der Waals surface area contributed by atoms with Crippen LogP contribution >= 0.6 is 11.3 Å². The molecule has 2 aromatic heterocycles. The van der Waals surface area contributed by atoms with Gasteiger partial charge < -0.3 is 4.74 Å². The SMILES string of the molecule is CCCCCCCCOc1cccc(-c2nc3c(-c4ccc(C(C)(C)C)s4)ccc(C(C)(CC)CC)c3nc2-c2cccc(C)c2)c1. The molecule has 248 valence electrons. The second kappa shape index (κ2) is 15.2. The molecule has 5 aromatic rings. The summed E-state index contributed by atoms with van der Waals surface area (Å²) < 4.78 is 6.30. The lowest BCUT2D eigenvalue weighted by molar-refractivity contribution is 0.304. The summed E-state index contributed by atoms with van der Waals surface area (Å²) in [5, 5.41) is 0. The van der Waals surface area contributed by atoms with Crippen molar-refractivity contribution in [1.29, 1.82) is 0 Å². The van der Waals surface area contributed by atoms with E-state index >= 15 is 0 Å². The zero-order valence-corrected chi connectivity index (χ0v) is 30.8. The lowest BCUT2D eigenvalue weighted by atomic mass is 9.76. The number of aromatic nitrogens is 2. The van der Waals surface area contributed by atoms with E-state index in [-0.39, 0.29) is 10.8 Å². The number of rotatable bonds is 14. The number of thiophene rings is 1. The largest absolute Gasteiger partial charge is 0.494 e. The fraction of sp³-hybridized carbons (Fsp3) is 0.442. The van der Waals surface area contributed by atoms with Crippen molar-refractivity contribution in [1.82, 2.24) is 9.97 Å². The van der Waals surface area contributed by atoms with Gasteiger partial charge in [-0.2, -0.15) is 0 Å². The highest BCUT2D eigenvalue weighted by atomic mass is 32.1. The van der Waals surface area contributed by atoms with Gasteiger partial charge in [-0.25, -0.2) is 9.97 Å². The Bertz CT molecular complexity index is 1790. The second-order valence-electron chi connectivity index (χ2n) is 14.5. The summed E-state index contributed by atoms with van der Waals surface area (Å²) in [5.74, 6) is 0.889. The van der Waals surface area contributed by atoms with E-state index in [9.17, 15) is 0 Å². The summed E-state index contributed by atoms with van der Waals surface area (Å²) in [4.78, 5) is 13.8. The number of aryl methyl sites for hydroxylation is 1. The molecule has 0 bridgehead atoms. The summed E-state index contributed by atoms with van der Waals surface area (Å²) >= 11 is 1.87. The van der Waals surface area contributed by atoms with Gasteiger partial charge in [0.2, 0.25) is 0 Å². The van der Waals surface area contributed by atoms with Gasteiger partial charge in [-0.15, -0.1) is 11.3 Å². The van der Waals surface area contributed by atoms with E-state index < -0.39 is 0 Å². The molecule has 0 spiro atoms. The summed E-state index contributed by atoms with van der Waals surface area (Å²) in [7, 11) is 0. The molecular formula is C43H54N2OS. The van der Waals surface area contributed by atoms with Crippen molar-refractivity contribution in [3.63, 3.8) is 0 Å². The number of benzene rings is 3. The Morgan fingerprint density at radius 1 is 0.681 bits per heavy atom. The molecule has 0 amide bonds. The maximum Gasteiger partial charge on any atom is 0.119 e. The van der Waals surface area contributed by atoms with Crippen LogP contribution in [0.5, 0.6) is 5.75 Å². The number of unbranched alkanes of at least 4 members (excludes halogenated alkanes) is 5. The molecular weight excluding hydrogens is 593 g/mol. The van der Waals surface area contributed by atoms with Crippen LogP contribution < -0.4 is 4.74 Å². The van der Waals surface area contributed by atoms with Crippen LogP contribution in [0.1, 0.15) is 116 Å². The Kier molecular flexibility index (Phi) is 11.2. The van der Waals surface area contributed by atoms with Crippen LogP contribution in [0, 0.1) is 6.92 Å². The first-order chi connectivity index (χ1) is 22.6. The van der Waals surface area contributed by atoms with Crippen molar-refractivity contribution in [2.75, 3.05) is 6.61 Å². The number of fused-ring (bicyclic) bond motifs is 1. The topological polar surface area (TPSA) is 35.0 Å². The summed E-state index contributed by atoms with van der Waals surface area (Å²) in [6.07, 6.45) is 9.56. The second-order valence-corrected chi connectivity index (χ2v) is 15.6. The van der Waals surface area contributed by atoms with E-state index in [1.54, 1.807) is 0 Å². The molecule has 0 aliphatic carbocycles. The van der Waals surface area contributed by atoms with E-state index in [1.165, 1.54) is 53.0 Å². The van der Waals surface area contributed by atoms with Gasteiger partial charge in [-0.3, -0.25) is 0 Å². The van der Waals surface area contributed by atoms with Crippen molar-refractivity contribution < 1.29 is 4.74 Å². The van der Waals surface area contributed by atoms with Gasteiger partial charge in [0.25, 0.3) is 0 Å². The third-order valence-corrected chi connectivity index (χ3v) is 11.4. The van der Waals surface area contributed by atoms with Gasteiger partial charge in [0.15, 0.2) is 0 Å². The summed E-state index contributed by atoms with van der Waals surface area (Å²) in [5.41, 5.74) is 9.64. The minimum absolute atomic E-state index is 0.00678. The number of ether oxygens (including phenoxy) is 1. The molecule has 0 radical (unpaired) electrons. The normalized spacial score (nSPS) is 12.2. The molecule has 0 N–H and O–H groups in total. The fourth-order valence-corrected chi connectivity index (χ4v) is 7.43. The molecule has 4 heteroatoms. The van der Waals surface area contributed by atoms with Crippen LogP contribution in [0.4, 0.5) is 0 Å². The average molecular weight is 647 g/mol. The standard InChI is InChI=1S/C43H54N2OS/c1-9-12-13-14-15-16-27-46-33-22-18-21-32(29-33)39-38(31-20-17-19-30(4)28-31)45-41-35(43(8,10-2)11-3)24-23-34(40(41)44-39)36-25-26-37(47-36)42(5,6)7/h17-26,28-29H,9-16,27H2,1-8H3. The van der Waals surface area contributed by atoms with E-state index in [0.29, 0.717) is 0 Å². The lowest BCUT2D eigenvalue weighted by Crippen LogP contribution is -2.20. The average Bonchev–Trinajstić information content (AvgIpc) is 3.58. The van der Waals surface area contributed by atoms with Crippen molar-refractivity contribution in [3.05, 3.63) is 88.8 Å². The fourth-order valence-electron chi connectivity index (χ4n) is 6.34. The predicted octanol–water partition coefficient (Wildman–Crippen LogP) is 13.1. The van der Waals surface area contributed by atoms with Gasteiger partial charge in [0.05, 0.1) is 29.0 Å². The third-order valence-electron chi connectivity index (χ3n) is 9.81. The Hall–Kier alpha value is -3.50. The molecule has 3 nitrogen and oxygen atoms in total. The van der Waals surface area contributed by atoms with E-state index in [0.717, 1.165) is 70.7 Å². The van der Waals surface area contributed by atoms with Crippen LogP contribution in [0.3, 0.4) is 0 Å². The highest BCUT2D eigenvalue weighted by molar-refractivity contribution is 7.15. The van der Waals surface area contributed by atoms with Gasteiger partial charge in [0.1, 0.15) is 5.75 Å². The maximum absolute atomic E-state index is 6.30. The van der Waals surface area contributed by atoms with Crippen LogP contribution in [0.2, 0.25) is 0 Å². The lowest BCUT2D eigenvalue weighted by Gasteiger charge is -2.29. The zero-order valence-electron chi connectivity index (χ0n) is 30.0. The van der Waals surface area contributed by atoms with Crippen LogP contribution in [-0.2, 0) is 10.8 Å². The minimum Gasteiger partial charge on any atom is -0.494 e. The monoisotopic (exact) mass is 646 g/mol. The van der Waals surface area contributed by atoms with E-state index in [4.69, 9.17) is 14.7 Å². The molecule has 0 saturated heterocycles. The molecule has 5 rings (SSSR count). The van der Waals surface area contributed by atoms with Crippen LogP contribution in [0.15, 0.2) is 72.8 Å². The van der Waals surface area contributed by atoms with Gasteiger partial charge in [-0.05, 0) is 72.9 Å². The first-order valence-electron chi connectivity index (χ1n) is 17.8. The molecule has 47 heavy (non-hydrogen) atoms. The van der Waals surface area contributed by atoms with Gasteiger partial charge in [0, 0.05) is 26.4 Å². The molecule has 2 heterocycles. The smallest absolute Gasteiger partial charge is 0.119 e. The maximum atomic E-state index is 6.30. The third kappa shape index (κ3) is 7.97. The quantitative estimate of drug-likeness (QED) is 0.113. The predicted molar refractivity (Wildman–Crippen MR) is 204 cm³/mol. The van der Waals surface area contributed by atoms with Crippen molar-refractivity contribution in [2.45, 2.75) is 118 Å². The van der Waals surface area contributed by atoms with Crippen LogP contribution in [-0.4, -0.2) is 16.6 Å². The Morgan fingerprint density at radius 2 is 1.34 bits per heavy atom. The highest BCUT2D eigenvalue weighted by Crippen LogP contribution is 2.43. The number of nitrogens with zero attached hydrogens (tertiary/aromatic N) is 2. The molecule has 0 atom stereocenters. The Labute approximate surface area is 287 Å². The summed E-state index contributed by atoms with van der Waals surface area (Å²) in [6.45, 7) is 18.9. The number of hydrogen-bond donors (Lipinski definition) is 0. The highest BCUT2D eigenvalue weighted by Gasteiger charge is 2.28.